The van der Waals surface area contributed by atoms with Gasteiger partial charge < -0.3 is 19.7 Å². The number of hydrogen-bond donors (Lipinski definition) is 1. The molecule has 0 amide bonds. The van der Waals surface area contributed by atoms with Gasteiger partial charge in [-0.1, -0.05) is 6.07 Å². The zero-order valence-corrected chi connectivity index (χ0v) is 17.0. The van der Waals surface area contributed by atoms with E-state index in [0.29, 0.717) is 31.1 Å². The summed E-state index contributed by atoms with van der Waals surface area (Å²) >= 11 is 0. The molecule has 146 valence electrons. The minimum Gasteiger partial charge on any atom is -0.493 e. The van der Waals surface area contributed by atoms with E-state index in [2.05, 4.69) is 10.3 Å². The maximum absolute atomic E-state index is 12.2. The first-order chi connectivity index (χ1) is 12.2. The van der Waals surface area contributed by atoms with Gasteiger partial charge in [0.05, 0.1) is 24.7 Å². The number of ether oxygens (including phenoxy) is 2. The molecule has 1 aromatic rings. The molecule has 26 heavy (non-hydrogen) atoms. The molecule has 0 spiro atoms. The molecule has 7 nitrogen and oxygen atoms in total. The molecule has 1 aromatic carbocycles. The number of rotatable bonds is 5. The lowest BCUT2D eigenvalue weighted by atomic mass is 10.1. The van der Waals surface area contributed by atoms with Crippen molar-refractivity contribution in [2.45, 2.75) is 25.0 Å². The van der Waals surface area contributed by atoms with Crippen LogP contribution in [0.25, 0.3) is 0 Å². The van der Waals surface area contributed by atoms with Crippen LogP contribution in [0.1, 0.15) is 19.4 Å². The summed E-state index contributed by atoms with van der Waals surface area (Å²) in [6.45, 7) is 5.12. The van der Waals surface area contributed by atoms with Crippen molar-refractivity contribution >= 4 is 15.8 Å². The van der Waals surface area contributed by atoms with Gasteiger partial charge in [0, 0.05) is 26.7 Å². The summed E-state index contributed by atoms with van der Waals surface area (Å²) in [5, 5.41) is 3.33. The number of hydrogen-bond acceptors (Lipinski definition) is 5. The predicted molar refractivity (Wildman–Crippen MR) is 104 cm³/mol. The van der Waals surface area contributed by atoms with Crippen LogP contribution >= 0.6 is 0 Å². The van der Waals surface area contributed by atoms with Crippen molar-refractivity contribution in [3.05, 3.63) is 23.8 Å². The Bertz CT molecular complexity index is 760. The quantitative estimate of drug-likeness (QED) is 0.610. The van der Waals surface area contributed by atoms with Gasteiger partial charge in [-0.25, -0.2) is 8.42 Å². The van der Waals surface area contributed by atoms with Gasteiger partial charge in [0.1, 0.15) is 0 Å². The fourth-order valence-electron chi connectivity index (χ4n) is 3.01. The summed E-state index contributed by atoms with van der Waals surface area (Å²) in [6.07, 6.45) is 0.787. The number of aliphatic imine (C=N–C) groups is 1. The van der Waals surface area contributed by atoms with E-state index >= 15 is 0 Å². The van der Waals surface area contributed by atoms with E-state index in [-0.39, 0.29) is 5.75 Å². The molecule has 0 aromatic heterocycles. The normalized spacial score (nSPS) is 19.1. The van der Waals surface area contributed by atoms with Gasteiger partial charge in [-0.3, -0.25) is 4.99 Å². The maximum atomic E-state index is 12.2. The topological polar surface area (TPSA) is 80.2 Å². The molecule has 1 saturated heterocycles. The van der Waals surface area contributed by atoms with Gasteiger partial charge in [0.25, 0.3) is 0 Å². The number of nitrogens with one attached hydrogen (secondary N) is 1. The molecular weight excluding hydrogens is 354 g/mol. The van der Waals surface area contributed by atoms with E-state index in [1.54, 1.807) is 35.1 Å². The first-order valence-electron chi connectivity index (χ1n) is 8.63. The van der Waals surface area contributed by atoms with E-state index in [9.17, 15) is 8.42 Å². The van der Waals surface area contributed by atoms with E-state index < -0.39 is 14.6 Å². The van der Waals surface area contributed by atoms with Crippen LogP contribution in [0.3, 0.4) is 0 Å². The first kappa shape index (κ1) is 20.4. The summed E-state index contributed by atoms with van der Waals surface area (Å²) in [5.41, 5.74) is 1.12. The molecule has 1 aliphatic heterocycles. The van der Waals surface area contributed by atoms with Gasteiger partial charge in [-0.15, -0.1) is 0 Å². The SMILES string of the molecule is CN=C(NCCc1ccc(OC)c(OC)c1)N1CCS(=O)(=O)C(C)(C)C1. The highest BCUT2D eigenvalue weighted by atomic mass is 32.2. The summed E-state index contributed by atoms with van der Waals surface area (Å²) in [6, 6.07) is 5.85. The van der Waals surface area contributed by atoms with Gasteiger partial charge in [0.2, 0.25) is 0 Å². The molecule has 1 aliphatic rings. The van der Waals surface area contributed by atoms with Crippen molar-refractivity contribution in [3.8, 4) is 11.5 Å². The largest absolute Gasteiger partial charge is 0.493 e. The summed E-state index contributed by atoms with van der Waals surface area (Å²) < 4.78 is 34.1. The molecule has 0 bridgehead atoms. The van der Waals surface area contributed by atoms with Crippen LogP contribution in [-0.2, 0) is 16.3 Å². The zero-order chi connectivity index (χ0) is 19.4. The van der Waals surface area contributed by atoms with Gasteiger partial charge in [-0.2, -0.15) is 0 Å². The van der Waals surface area contributed by atoms with Crippen molar-refractivity contribution in [3.63, 3.8) is 0 Å². The lowest BCUT2D eigenvalue weighted by Crippen LogP contribution is -2.57. The first-order valence-corrected chi connectivity index (χ1v) is 10.3. The number of guanidine groups is 1. The van der Waals surface area contributed by atoms with Crippen LogP contribution in [0.4, 0.5) is 0 Å². The second-order valence-electron chi connectivity index (χ2n) is 6.91. The Kier molecular flexibility index (Phi) is 6.39. The van der Waals surface area contributed by atoms with Crippen LogP contribution in [0, 0.1) is 0 Å². The van der Waals surface area contributed by atoms with Crippen LogP contribution in [0.15, 0.2) is 23.2 Å². The van der Waals surface area contributed by atoms with E-state index in [4.69, 9.17) is 9.47 Å². The summed E-state index contributed by atoms with van der Waals surface area (Å²) in [7, 11) is 1.89. The van der Waals surface area contributed by atoms with E-state index in [1.165, 1.54) is 0 Å². The molecule has 0 radical (unpaired) electrons. The Morgan fingerprint density at radius 1 is 1.27 bits per heavy atom. The second kappa shape index (κ2) is 8.16. The minimum absolute atomic E-state index is 0.149. The number of sulfone groups is 1. The van der Waals surface area contributed by atoms with Gasteiger partial charge in [-0.05, 0) is 38.0 Å². The third-order valence-electron chi connectivity index (χ3n) is 4.70. The third-order valence-corrected chi connectivity index (χ3v) is 7.23. The Morgan fingerprint density at radius 2 is 1.96 bits per heavy atom. The molecule has 1 N–H and O–H groups in total. The average molecular weight is 384 g/mol. The van der Waals surface area contributed by atoms with Crippen molar-refractivity contribution in [2.75, 3.05) is 46.7 Å². The van der Waals surface area contributed by atoms with Crippen LogP contribution in [0.2, 0.25) is 0 Å². The van der Waals surface area contributed by atoms with Crippen molar-refractivity contribution in [2.24, 2.45) is 4.99 Å². The maximum Gasteiger partial charge on any atom is 0.193 e. The third kappa shape index (κ3) is 4.41. The Balaban J connectivity index is 1.96. The number of benzene rings is 1. The highest BCUT2D eigenvalue weighted by Gasteiger charge is 2.40. The molecule has 0 saturated carbocycles. The Hall–Kier alpha value is -1.96. The fraction of sp³-hybridized carbons (Fsp3) is 0.611. The lowest BCUT2D eigenvalue weighted by Gasteiger charge is -2.39. The lowest BCUT2D eigenvalue weighted by molar-refractivity contribution is 0.353. The highest BCUT2D eigenvalue weighted by molar-refractivity contribution is 7.92. The van der Waals surface area contributed by atoms with Crippen LogP contribution in [-0.4, -0.2) is 70.7 Å². The molecule has 1 heterocycles. The van der Waals surface area contributed by atoms with E-state index in [0.717, 1.165) is 17.9 Å². The molecule has 0 aliphatic carbocycles. The second-order valence-corrected chi connectivity index (χ2v) is 9.66. The molecule has 0 atom stereocenters. The summed E-state index contributed by atoms with van der Waals surface area (Å²) in [5.74, 6) is 2.29. The van der Waals surface area contributed by atoms with Crippen LogP contribution < -0.4 is 14.8 Å². The highest BCUT2D eigenvalue weighted by Crippen LogP contribution is 2.27. The smallest absolute Gasteiger partial charge is 0.193 e. The zero-order valence-electron chi connectivity index (χ0n) is 16.2. The molecule has 1 fully saturated rings. The number of methoxy groups -OCH3 is 2. The van der Waals surface area contributed by atoms with Gasteiger partial charge in [0.15, 0.2) is 27.3 Å². The van der Waals surface area contributed by atoms with E-state index in [1.807, 2.05) is 23.1 Å². The fourth-order valence-corrected chi connectivity index (χ4v) is 4.38. The Morgan fingerprint density at radius 3 is 2.54 bits per heavy atom. The van der Waals surface area contributed by atoms with Gasteiger partial charge >= 0.3 is 0 Å². The monoisotopic (exact) mass is 383 g/mol. The van der Waals surface area contributed by atoms with Crippen molar-refractivity contribution < 1.29 is 17.9 Å². The molecule has 2 rings (SSSR count). The number of nitrogens with zero attached hydrogens (tertiary/aromatic N) is 2. The Labute approximate surface area is 156 Å². The molecule has 8 heteroatoms. The molecule has 0 unspecified atom stereocenters. The summed E-state index contributed by atoms with van der Waals surface area (Å²) in [4.78, 5) is 6.32. The van der Waals surface area contributed by atoms with Crippen molar-refractivity contribution in [1.29, 1.82) is 0 Å². The minimum atomic E-state index is -3.06. The van der Waals surface area contributed by atoms with Crippen molar-refractivity contribution in [1.82, 2.24) is 10.2 Å². The van der Waals surface area contributed by atoms with Crippen LogP contribution in [0.5, 0.6) is 11.5 Å². The molecular formula is C18H29N3O4S. The standard InChI is InChI=1S/C18H29N3O4S/c1-18(2)13-21(10-11-26(18,22)23)17(19-3)20-9-8-14-6-7-15(24-4)16(12-14)25-5/h6-7,12H,8-11,13H2,1-5H3,(H,19,20). The predicted octanol–water partition coefficient (Wildman–Crippen LogP) is 1.33. The average Bonchev–Trinajstić information content (AvgIpc) is 2.61.